The van der Waals surface area contributed by atoms with E-state index in [1.165, 1.54) is 0 Å². The van der Waals surface area contributed by atoms with Crippen LogP contribution in [0.2, 0.25) is 0 Å². The standard InChI is InChI=1S/C9H18O.C4H10O2/c1-3-5-7-9(10)8-6-4-2;1-5-3-4-6-2/h3-8H2,1-2H3;3-4H2,1-2H3. The minimum Gasteiger partial charge on any atom is -0.382 e. The molecule has 0 spiro atoms. The van der Waals surface area contributed by atoms with E-state index in [1.807, 2.05) is 0 Å². The molecule has 0 aliphatic heterocycles. The Morgan fingerprint density at radius 3 is 1.50 bits per heavy atom. The van der Waals surface area contributed by atoms with Crippen molar-refractivity contribution in [2.75, 3.05) is 27.4 Å². The van der Waals surface area contributed by atoms with Gasteiger partial charge in [0.1, 0.15) is 5.78 Å². The Morgan fingerprint density at radius 1 is 0.875 bits per heavy atom. The molecule has 0 rings (SSSR count). The quantitative estimate of drug-likeness (QED) is 0.573. The van der Waals surface area contributed by atoms with Gasteiger partial charge in [0.2, 0.25) is 0 Å². The van der Waals surface area contributed by atoms with Crippen molar-refractivity contribution in [2.24, 2.45) is 0 Å². The van der Waals surface area contributed by atoms with Gasteiger partial charge >= 0.3 is 0 Å². The summed E-state index contributed by atoms with van der Waals surface area (Å²) in [4.78, 5) is 11.0. The van der Waals surface area contributed by atoms with Crippen molar-refractivity contribution < 1.29 is 14.3 Å². The van der Waals surface area contributed by atoms with Crippen LogP contribution in [-0.2, 0) is 14.3 Å². The molecule has 3 heteroatoms. The first kappa shape index (κ1) is 18.0. The highest BCUT2D eigenvalue weighted by molar-refractivity contribution is 5.78. The van der Waals surface area contributed by atoms with Crippen LogP contribution in [0.5, 0.6) is 0 Å². The molecule has 0 heterocycles. The van der Waals surface area contributed by atoms with Crippen molar-refractivity contribution >= 4 is 5.78 Å². The van der Waals surface area contributed by atoms with Crippen LogP contribution in [0.4, 0.5) is 0 Å². The smallest absolute Gasteiger partial charge is 0.132 e. The third-order valence-electron chi connectivity index (χ3n) is 2.11. The summed E-state index contributed by atoms with van der Waals surface area (Å²) in [6, 6.07) is 0. The predicted octanol–water partition coefficient (Wildman–Crippen LogP) is 3.22. The molecule has 0 amide bonds. The largest absolute Gasteiger partial charge is 0.382 e. The van der Waals surface area contributed by atoms with Crippen LogP contribution in [0.1, 0.15) is 52.4 Å². The fourth-order valence-corrected chi connectivity index (χ4v) is 1.04. The molecule has 3 nitrogen and oxygen atoms in total. The van der Waals surface area contributed by atoms with Gasteiger partial charge in [-0.2, -0.15) is 0 Å². The van der Waals surface area contributed by atoms with Gasteiger partial charge in [-0.25, -0.2) is 0 Å². The van der Waals surface area contributed by atoms with Gasteiger partial charge in [-0.1, -0.05) is 26.7 Å². The molecule has 16 heavy (non-hydrogen) atoms. The molecule has 0 unspecified atom stereocenters. The van der Waals surface area contributed by atoms with Crippen molar-refractivity contribution in [3.05, 3.63) is 0 Å². The minimum absolute atomic E-state index is 0.448. The van der Waals surface area contributed by atoms with E-state index in [-0.39, 0.29) is 0 Å². The number of carbonyl (C=O) groups excluding carboxylic acids is 1. The molecule has 0 aliphatic carbocycles. The highest BCUT2D eigenvalue weighted by Gasteiger charge is 1.98. The Morgan fingerprint density at radius 2 is 1.25 bits per heavy atom. The Bertz CT molecular complexity index is 121. The number of methoxy groups -OCH3 is 2. The molecular weight excluding hydrogens is 204 g/mol. The van der Waals surface area contributed by atoms with E-state index in [0.717, 1.165) is 38.5 Å². The lowest BCUT2D eigenvalue weighted by Crippen LogP contribution is -1.96. The normalized spacial score (nSPS) is 9.50. The average molecular weight is 232 g/mol. The van der Waals surface area contributed by atoms with E-state index in [2.05, 4.69) is 23.3 Å². The molecule has 0 radical (unpaired) electrons. The van der Waals surface area contributed by atoms with Crippen LogP contribution >= 0.6 is 0 Å². The zero-order valence-electron chi connectivity index (χ0n) is 11.4. The van der Waals surface area contributed by atoms with Crippen LogP contribution in [0.3, 0.4) is 0 Å². The van der Waals surface area contributed by atoms with Gasteiger partial charge in [0.15, 0.2) is 0 Å². The number of carbonyl (C=O) groups is 1. The van der Waals surface area contributed by atoms with Gasteiger partial charge < -0.3 is 9.47 Å². The second kappa shape index (κ2) is 17.0. The fourth-order valence-electron chi connectivity index (χ4n) is 1.04. The number of hydrogen-bond acceptors (Lipinski definition) is 3. The lowest BCUT2D eigenvalue weighted by molar-refractivity contribution is -0.119. The number of Topliss-reactive ketones (excluding diaryl/α,β-unsaturated/α-hetero) is 1. The molecule has 0 fully saturated rings. The van der Waals surface area contributed by atoms with Crippen molar-refractivity contribution in [3.8, 4) is 0 Å². The first-order valence-corrected chi connectivity index (χ1v) is 6.22. The fraction of sp³-hybridized carbons (Fsp3) is 0.923. The molecule has 0 N–H and O–H groups in total. The first-order valence-electron chi connectivity index (χ1n) is 6.22. The van der Waals surface area contributed by atoms with Crippen LogP contribution < -0.4 is 0 Å². The third kappa shape index (κ3) is 19.2. The van der Waals surface area contributed by atoms with E-state index in [4.69, 9.17) is 0 Å². The highest BCUT2D eigenvalue weighted by atomic mass is 16.5. The Hall–Kier alpha value is -0.410. The Labute approximate surface area is 101 Å². The Kier molecular flexibility index (Phi) is 19.1. The van der Waals surface area contributed by atoms with Gasteiger partial charge in [0.25, 0.3) is 0 Å². The SMILES string of the molecule is CCCCC(=O)CCCC.COCCOC. The van der Waals surface area contributed by atoms with Gasteiger partial charge in [-0.05, 0) is 12.8 Å². The second-order valence-corrected chi connectivity index (χ2v) is 3.73. The summed E-state index contributed by atoms with van der Waals surface area (Å²) >= 11 is 0. The molecule has 0 aromatic carbocycles. The maximum atomic E-state index is 11.0. The van der Waals surface area contributed by atoms with E-state index < -0.39 is 0 Å². The zero-order valence-corrected chi connectivity index (χ0v) is 11.4. The van der Waals surface area contributed by atoms with Gasteiger partial charge in [0.05, 0.1) is 13.2 Å². The summed E-state index contributed by atoms with van der Waals surface area (Å²) in [6.45, 7) is 5.62. The maximum absolute atomic E-state index is 11.0. The van der Waals surface area contributed by atoms with E-state index >= 15 is 0 Å². The van der Waals surface area contributed by atoms with Gasteiger partial charge in [-0.3, -0.25) is 4.79 Å². The van der Waals surface area contributed by atoms with Crippen molar-refractivity contribution in [1.29, 1.82) is 0 Å². The summed E-state index contributed by atoms with van der Waals surface area (Å²) in [5.41, 5.74) is 0. The highest BCUT2D eigenvalue weighted by Crippen LogP contribution is 2.02. The van der Waals surface area contributed by atoms with E-state index in [1.54, 1.807) is 14.2 Å². The number of ketones is 1. The minimum atomic E-state index is 0.448. The molecule has 0 saturated heterocycles. The number of rotatable bonds is 9. The van der Waals surface area contributed by atoms with Crippen LogP contribution in [0.25, 0.3) is 0 Å². The number of ether oxygens (including phenoxy) is 2. The monoisotopic (exact) mass is 232 g/mol. The van der Waals surface area contributed by atoms with Crippen molar-refractivity contribution in [3.63, 3.8) is 0 Å². The maximum Gasteiger partial charge on any atom is 0.132 e. The molecule has 0 saturated carbocycles. The molecule has 0 bridgehead atoms. The third-order valence-corrected chi connectivity index (χ3v) is 2.11. The molecular formula is C13H28O3. The molecule has 0 aromatic rings. The average Bonchev–Trinajstić information content (AvgIpc) is 2.32. The van der Waals surface area contributed by atoms with E-state index in [9.17, 15) is 4.79 Å². The van der Waals surface area contributed by atoms with Crippen molar-refractivity contribution in [2.45, 2.75) is 52.4 Å². The predicted molar refractivity (Wildman–Crippen MR) is 67.8 cm³/mol. The molecule has 0 aromatic heterocycles. The molecule has 98 valence electrons. The topological polar surface area (TPSA) is 35.5 Å². The van der Waals surface area contributed by atoms with Gasteiger partial charge in [-0.15, -0.1) is 0 Å². The van der Waals surface area contributed by atoms with Crippen molar-refractivity contribution in [1.82, 2.24) is 0 Å². The molecule has 0 atom stereocenters. The van der Waals surface area contributed by atoms with Crippen LogP contribution in [0, 0.1) is 0 Å². The lowest BCUT2D eigenvalue weighted by Gasteiger charge is -1.96. The molecule has 0 aliphatic rings. The van der Waals surface area contributed by atoms with E-state index in [0.29, 0.717) is 19.0 Å². The van der Waals surface area contributed by atoms with Gasteiger partial charge in [0, 0.05) is 27.1 Å². The second-order valence-electron chi connectivity index (χ2n) is 3.73. The first-order chi connectivity index (χ1) is 7.72. The summed E-state index contributed by atoms with van der Waals surface area (Å²) in [6.07, 6.45) is 6.02. The summed E-state index contributed by atoms with van der Waals surface area (Å²) in [7, 11) is 3.30. The summed E-state index contributed by atoms with van der Waals surface area (Å²) in [5.74, 6) is 0.448. The number of unbranched alkanes of at least 4 members (excludes halogenated alkanes) is 2. The summed E-state index contributed by atoms with van der Waals surface area (Å²) in [5, 5.41) is 0. The van der Waals surface area contributed by atoms with Crippen LogP contribution in [0.15, 0.2) is 0 Å². The lowest BCUT2D eigenvalue weighted by atomic mass is 10.1. The van der Waals surface area contributed by atoms with Crippen LogP contribution in [-0.4, -0.2) is 33.2 Å². The zero-order chi connectivity index (χ0) is 12.6. The number of hydrogen-bond donors (Lipinski definition) is 0. The Balaban J connectivity index is 0. The summed E-state index contributed by atoms with van der Waals surface area (Å²) < 4.78 is 9.31.